The normalized spacial score (nSPS) is 11.9. The highest BCUT2D eigenvalue weighted by Gasteiger charge is 2.14. The Kier molecular flexibility index (Phi) is 7.59. The average molecular weight is 316 g/mol. The fraction of sp³-hybridized carbons (Fsp3) is 0.533. The molecule has 1 atom stereocenters. The summed E-state index contributed by atoms with van der Waals surface area (Å²) in [6, 6.07) is 1.12. The van der Waals surface area contributed by atoms with Crippen molar-refractivity contribution < 1.29 is 23.4 Å². The van der Waals surface area contributed by atoms with Crippen LogP contribution in [0.5, 0.6) is 5.75 Å². The van der Waals surface area contributed by atoms with E-state index in [-0.39, 0.29) is 24.0 Å². The molecular formula is C15H22F2N2O3. The minimum absolute atomic E-state index is 0.0479. The lowest BCUT2D eigenvalue weighted by atomic mass is 10.0. The minimum Gasteiger partial charge on any atom is -0.494 e. The van der Waals surface area contributed by atoms with E-state index in [1.165, 1.54) is 7.11 Å². The lowest BCUT2D eigenvalue weighted by Crippen LogP contribution is -2.33. The van der Waals surface area contributed by atoms with E-state index in [9.17, 15) is 13.6 Å². The summed E-state index contributed by atoms with van der Waals surface area (Å²) in [4.78, 5) is 11.7. The summed E-state index contributed by atoms with van der Waals surface area (Å²) >= 11 is 0. The van der Waals surface area contributed by atoms with Gasteiger partial charge in [0.15, 0.2) is 17.4 Å². The van der Waals surface area contributed by atoms with E-state index in [0.717, 1.165) is 25.0 Å². The third kappa shape index (κ3) is 5.48. The SMILES string of the molecule is CCCC(CCO)CNC(=O)Nc1cc(F)c(OC)cc1F. The van der Waals surface area contributed by atoms with Crippen LogP contribution in [-0.4, -0.2) is 31.4 Å². The standard InChI is InChI=1S/C15H22F2N2O3/c1-3-4-10(5-6-20)9-18-15(21)19-13-7-12(17)14(22-2)8-11(13)16/h7-8,10,20H,3-6,9H2,1-2H3,(H2,18,19,21). The average Bonchev–Trinajstić information content (AvgIpc) is 2.48. The van der Waals surface area contributed by atoms with Gasteiger partial charge in [-0.3, -0.25) is 0 Å². The zero-order chi connectivity index (χ0) is 16.5. The van der Waals surface area contributed by atoms with Crippen molar-refractivity contribution in [1.29, 1.82) is 0 Å². The number of hydrogen-bond acceptors (Lipinski definition) is 3. The van der Waals surface area contributed by atoms with E-state index in [1.807, 2.05) is 6.92 Å². The summed E-state index contributed by atoms with van der Waals surface area (Å²) in [6.45, 7) is 2.42. The van der Waals surface area contributed by atoms with Crippen molar-refractivity contribution in [2.75, 3.05) is 25.6 Å². The molecule has 1 unspecified atom stereocenters. The lowest BCUT2D eigenvalue weighted by molar-refractivity contribution is 0.236. The molecule has 5 nitrogen and oxygen atoms in total. The van der Waals surface area contributed by atoms with Crippen molar-refractivity contribution in [3.63, 3.8) is 0 Å². The number of rotatable bonds is 8. The van der Waals surface area contributed by atoms with E-state index in [0.29, 0.717) is 13.0 Å². The number of amides is 2. The quantitative estimate of drug-likeness (QED) is 0.690. The van der Waals surface area contributed by atoms with Crippen LogP contribution in [0.4, 0.5) is 19.3 Å². The van der Waals surface area contributed by atoms with Gasteiger partial charge in [-0.1, -0.05) is 13.3 Å². The van der Waals surface area contributed by atoms with Crippen LogP contribution < -0.4 is 15.4 Å². The molecule has 0 saturated heterocycles. The number of halogens is 2. The number of benzene rings is 1. The third-order valence-electron chi connectivity index (χ3n) is 3.28. The summed E-state index contributed by atoms with van der Waals surface area (Å²) < 4.78 is 31.9. The lowest BCUT2D eigenvalue weighted by Gasteiger charge is -2.16. The molecule has 1 aromatic carbocycles. The Hall–Kier alpha value is -1.89. The molecule has 1 aromatic rings. The Morgan fingerprint density at radius 3 is 2.64 bits per heavy atom. The number of hydrogen-bond donors (Lipinski definition) is 3. The van der Waals surface area contributed by atoms with Crippen molar-refractivity contribution in [2.45, 2.75) is 26.2 Å². The second-order valence-corrected chi connectivity index (χ2v) is 4.97. The van der Waals surface area contributed by atoms with Gasteiger partial charge in [0, 0.05) is 25.3 Å². The van der Waals surface area contributed by atoms with Crippen molar-refractivity contribution in [2.24, 2.45) is 5.92 Å². The van der Waals surface area contributed by atoms with Gasteiger partial charge in [0.1, 0.15) is 0 Å². The molecule has 0 spiro atoms. The summed E-state index contributed by atoms with van der Waals surface area (Å²) in [5.41, 5.74) is -0.259. The number of urea groups is 1. The number of aliphatic hydroxyl groups is 1. The maximum atomic E-state index is 13.7. The number of ether oxygens (including phenoxy) is 1. The first-order valence-electron chi connectivity index (χ1n) is 7.20. The van der Waals surface area contributed by atoms with E-state index >= 15 is 0 Å². The van der Waals surface area contributed by atoms with Crippen LogP contribution >= 0.6 is 0 Å². The molecule has 22 heavy (non-hydrogen) atoms. The Morgan fingerprint density at radius 1 is 1.32 bits per heavy atom. The van der Waals surface area contributed by atoms with E-state index in [4.69, 9.17) is 5.11 Å². The fourth-order valence-corrected chi connectivity index (χ4v) is 2.12. The van der Waals surface area contributed by atoms with Gasteiger partial charge in [0.25, 0.3) is 0 Å². The van der Waals surface area contributed by atoms with Gasteiger partial charge in [0.2, 0.25) is 0 Å². The molecule has 0 saturated carbocycles. The Balaban J connectivity index is 2.59. The van der Waals surface area contributed by atoms with Crippen LogP contribution in [0.25, 0.3) is 0 Å². The van der Waals surface area contributed by atoms with E-state index < -0.39 is 17.7 Å². The molecule has 7 heteroatoms. The maximum absolute atomic E-state index is 13.7. The second kappa shape index (κ2) is 9.19. The van der Waals surface area contributed by atoms with Crippen LogP contribution in [0.15, 0.2) is 12.1 Å². The maximum Gasteiger partial charge on any atom is 0.319 e. The van der Waals surface area contributed by atoms with Crippen molar-refractivity contribution in [3.8, 4) is 5.75 Å². The summed E-state index contributed by atoms with van der Waals surface area (Å²) in [5, 5.41) is 13.8. The Labute approximate surface area is 128 Å². The van der Waals surface area contributed by atoms with E-state index in [1.54, 1.807) is 0 Å². The molecule has 3 N–H and O–H groups in total. The van der Waals surface area contributed by atoms with Gasteiger partial charge in [0.05, 0.1) is 12.8 Å². The van der Waals surface area contributed by atoms with Gasteiger partial charge in [-0.25, -0.2) is 13.6 Å². The zero-order valence-corrected chi connectivity index (χ0v) is 12.8. The fourth-order valence-electron chi connectivity index (χ4n) is 2.12. The number of methoxy groups -OCH3 is 1. The largest absolute Gasteiger partial charge is 0.494 e. The number of carbonyl (C=O) groups is 1. The highest BCUT2D eigenvalue weighted by atomic mass is 19.1. The first-order chi connectivity index (χ1) is 10.5. The first kappa shape index (κ1) is 18.2. The molecule has 0 bridgehead atoms. The van der Waals surface area contributed by atoms with E-state index in [2.05, 4.69) is 15.4 Å². The van der Waals surface area contributed by atoms with Crippen LogP contribution in [0.2, 0.25) is 0 Å². The monoisotopic (exact) mass is 316 g/mol. The molecule has 0 aliphatic rings. The minimum atomic E-state index is -0.783. The molecule has 0 heterocycles. The van der Waals surface area contributed by atoms with Crippen molar-refractivity contribution in [3.05, 3.63) is 23.8 Å². The summed E-state index contributed by atoms with van der Waals surface area (Å²) in [6.07, 6.45) is 2.39. The summed E-state index contributed by atoms with van der Waals surface area (Å²) in [5.74, 6) is -1.62. The summed E-state index contributed by atoms with van der Waals surface area (Å²) in [7, 11) is 1.23. The van der Waals surface area contributed by atoms with Gasteiger partial charge in [-0.05, 0) is 18.8 Å². The van der Waals surface area contributed by atoms with Gasteiger partial charge < -0.3 is 20.5 Å². The number of aliphatic hydroxyl groups excluding tert-OH is 1. The van der Waals surface area contributed by atoms with Crippen LogP contribution in [0.3, 0.4) is 0 Å². The Morgan fingerprint density at radius 2 is 2.05 bits per heavy atom. The predicted molar refractivity (Wildman–Crippen MR) is 80.0 cm³/mol. The van der Waals surface area contributed by atoms with Gasteiger partial charge in [-0.15, -0.1) is 0 Å². The molecule has 0 aliphatic carbocycles. The second-order valence-electron chi connectivity index (χ2n) is 4.97. The number of anilines is 1. The zero-order valence-electron chi connectivity index (χ0n) is 12.8. The smallest absolute Gasteiger partial charge is 0.319 e. The molecule has 124 valence electrons. The van der Waals surface area contributed by atoms with Crippen molar-refractivity contribution in [1.82, 2.24) is 5.32 Å². The molecule has 1 rings (SSSR count). The van der Waals surface area contributed by atoms with Crippen LogP contribution in [-0.2, 0) is 0 Å². The first-order valence-corrected chi connectivity index (χ1v) is 7.20. The molecule has 2 amide bonds. The number of carbonyl (C=O) groups excluding carboxylic acids is 1. The van der Waals surface area contributed by atoms with Gasteiger partial charge in [-0.2, -0.15) is 0 Å². The molecule has 0 aliphatic heterocycles. The van der Waals surface area contributed by atoms with Gasteiger partial charge >= 0.3 is 6.03 Å². The highest BCUT2D eigenvalue weighted by Crippen LogP contribution is 2.24. The number of nitrogens with one attached hydrogen (secondary N) is 2. The Bertz CT molecular complexity index is 492. The van der Waals surface area contributed by atoms with Crippen molar-refractivity contribution >= 4 is 11.7 Å². The molecule has 0 radical (unpaired) electrons. The van der Waals surface area contributed by atoms with Crippen LogP contribution in [0, 0.1) is 17.6 Å². The topological polar surface area (TPSA) is 70.6 Å². The highest BCUT2D eigenvalue weighted by molar-refractivity contribution is 5.89. The predicted octanol–water partition coefficient (Wildman–Crippen LogP) is 2.89. The molecular weight excluding hydrogens is 294 g/mol. The van der Waals surface area contributed by atoms with Crippen LogP contribution in [0.1, 0.15) is 26.2 Å². The molecule has 0 fully saturated rings. The molecule has 0 aromatic heterocycles. The third-order valence-corrected chi connectivity index (χ3v) is 3.28.